The van der Waals surface area contributed by atoms with Gasteiger partial charge in [-0.2, -0.15) is 13.2 Å². The number of halogens is 3. The highest BCUT2D eigenvalue weighted by Gasteiger charge is 2.35. The summed E-state index contributed by atoms with van der Waals surface area (Å²) in [7, 11) is 0. The Bertz CT molecular complexity index is 638. The zero-order valence-corrected chi connectivity index (χ0v) is 12.5. The van der Waals surface area contributed by atoms with E-state index < -0.39 is 11.7 Å². The Morgan fingerprint density at radius 2 is 1.39 bits per heavy atom. The van der Waals surface area contributed by atoms with Gasteiger partial charge >= 0.3 is 6.18 Å². The quantitative estimate of drug-likeness (QED) is 0.854. The molecule has 0 unspecified atom stereocenters. The van der Waals surface area contributed by atoms with Crippen molar-refractivity contribution in [1.82, 2.24) is 5.06 Å². The van der Waals surface area contributed by atoms with Gasteiger partial charge in [0, 0.05) is 18.8 Å². The first-order valence-electron chi connectivity index (χ1n) is 7.43. The Labute approximate surface area is 132 Å². The topological polar surface area (TPSA) is 15.7 Å². The third-order valence-electron chi connectivity index (χ3n) is 3.77. The first-order valence-corrected chi connectivity index (χ1v) is 7.43. The Morgan fingerprint density at radius 1 is 0.783 bits per heavy atom. The lowest BCUT2D eigenvalue weighted by Gasteiger charge is -2.36. The van der Waals surface area contributed by atoms with Gasteiger partial charge in [-0.15, -0.1) is 5.06 Å². The predicted molar refractivity (Wildman–Crippen MR) is 82.3 cm³/mol. The molecular weight excluding hydrogens is 305 g/mol. The van der Waals surface area contributed by atoms with Crippen LogP contribution in [0.15, 0.2) is 54.6 Å². The lowest BCUT2D eigenvalue weighted by atomic mass is 10.1. The lowest BCUT2D eigenvalue weighted by Crippen LogP contribution is -2.48. The van der Waals surface area contributed by atoms with Crippen LogP contribution in [0.25, 0.3) is 0 Å². The van der Waals surface area contributed by atoms with Gasteiger partial charge < -0.3 is 9.74 Å². The van der Waals surface area contributed by atoms with Crippen LogP contribution in [0.3, 0.4) is 0 Å². The van der Waals surface area contributed by atoms with Crippen LogP contribution in [0.4, 0.5) is 18.9 Å². The number of hydrogen-bond acceptors (Lipinski definition) is 3. The van der Waals surface area contributed by atoms with Crippen LogP contribution in [-0.4, -0.2) is 31.2 Å². The van der Waals surface area contributed by atoms with Crippen molar-refractivity contribution in [2.24, 2.45) is 0 Å². The molecule has 122 valence electrons. The van der Waals surface area contributed by atoms with Crippen LogP contribution in [0.2, 0.25) is 0 Å². The maximum atomic E-state index is 13.1. The largest absolute Gasteiger partial charge is 0.418 e. The standard InChI is InChI=1S/C17H17F3N2O/c18-17(19,20)15-8-4-5-9-16(15)21-10-12-22(13-11-21)23-14-6-2-1-3-7-14/h1-9H,10-13H2. The molecule has 0 N–H and O–H groups in total. The van der Waals surface area contributed by atoms with Crippen molar-refractivity contribution >= 4 is 5.69 Å². The van der Waals surface area contributed by atoms with Crippen LogP contribution >= 0.6 is 0 Å². The molecule has 0 aliphatic carbocycles. The molecule has 3 rings (SSSR count). The summed E-state index contributed by atoms with van der Waals surface area (Å²) < 4.78 is 39.3. The molecule has 3 nitrogen and oxygen atoms in total. The molecule has 1 aliphatic rings. The van der Waals surface area contributed by atoms with Gasteiger partial charge in [-0.25, -0.2) is 0 Å². The molecule has 23 heavy (non-hydrogen) atoms. The second kappa shape index (κ2) is 6.50. The van der Waals surface area contributed by atoms with E-state index in [1.54, 1.807) is 16.0 Å². The first kappa shape index (κ1) is 15.7. The number of benzene rings is 2. The number of anilines is 1. The molecule has 2 aromatic rings. The Morgan fingerprint density at radius 3 is 2.04 bits per heavy atom. The second-order valence-electron chi connectivity index (χ2n) is 5.34. The molecule has 1 aliphatic heterocycles. The molecule has 0 saturated carbocycles. The van der Waals surface area contributed by atoms with E-state index in [2.05, 4.69) is 0 Å². The minimum atomic E-state index is -4.34. The summed E-state index contributed by atoms with van der Waals surface area (Å²) in [5.41, 5.74) is -0.350. The molecule has 0 spiro atoms. The SMILES string of the molecule is FC(F)(F)c1ccccc1N1CCN(Oc2ccccc2)CC1. The van der Waals surface area contributed by atoms with Crippen molar-refractivity contribution in [2.45, 2.75) is 6.18 Å². The summed E-state index contributed by atoms with van der Waals surface area (Å²) >= 11 is 0. The van der Waals surface area contributed by atoms with Gasteiger partial charge in [-0.05, 0) is 24.3 Å². The van der Waals surface area contributed by atoms with Crippen molar-refractivity contribution in [3.8, 4) is 5.75 Å². The third kappa shape index (κ3) is 3.76. The van der Waals surface area contributed by atoms with Crippen LogP contribution < -0.4 is 9.74 Å². The zero-order chi connectivity index (χ0) is 16.3. The number of rotatable bonds is 3. The van der Waals surface area contributed by atoms with Crippen molar-refractivity contribution in [2.75, 3.05) is 31.1 Å². The highest BCUT2D eigenvalue weighted by atomic mass is 19.4. The van der Waals surface area contributed by atoms with Crippen molar-refractivity contribution in [1.29, 1.82) is 0 Å². The molecule has 0 aromatic heterocycles. The summed E-state index contributed by atoms with van der Waals surface area (Å²) in [6.45, 7) is 2.06. The summed E-state index contributed by atoms with van der Waals surface area (Å²) in [6.07, 6.45) is -4.34. The number of piperazine rings is 1. The monoisotopic (exact) mass is 322 g/mol. The fraction of sp³-hybridized carbons (Fsp3) is 0.294. The van der Waals surface area contributed by atoms with Gasteiger partial charge in [-0.3, -0.25) is 0 Å². The number of hydroxylamine groups is 2. The van der Waals surface area contributed by atoms with Gasteiger partial charge in [-0.1, -0.05) is 30.3 Å². The van der Waals surface area contributed by atoms with Crippen LogP contribution in [0, 0.1) is 0 Å². The molecule has 0 bridgehead atoms. The molecule has 1 heterocycles. The summed E-state index contributed by atoms with van der Waals surface area (Å²) in [5, 5.41) is 1.78. The van der Waals surface area contributed by atoms with Gasteiger partial charge in [0.15, 0.2) is 0 Å². The highest BCUT2D eigenvalue weighted by Crippen LogP contribution is 2.36. The molecule has 1 saturated heterocycles. The van der Waals surface area contributed by atoms with E-state index in [-0.39, 0.29) is 5.69 Å². The van der Waals surface area contributed by atoms with E-state index in [9.17, 15) is 13.2 Å². The van der Waals surface area contributed by atoms with E-state index in [1.807, 2.05) is 30.3 Å². The average Bonchev–Trinajstić information content (AvgIpc) is 2.56. The summed E-state index contributed by atoms with van der Waals surface area (Å²) in [6, 6.07) is 15.1. The zero-order valence-electron chi connectivity index (χ0n) is 12.5. The molecule has 0 amide bonds. The second-order valence-corrected chi connectivity index (χ2v) is 5.34. The molecule has 1 fully saturated rings. The molecule has 0 radical (unpaired) electrons. The summed E-state index contributed by atoms with van der Waals surface area (Å²) in [4.78, 5) is 7.48. The normalized spacial score (nSPS) is 16.4. The fourth-order valence-electron chi connectivity index (χ4n) is 2.64. The molecule has 2 aromatic carbocycles. The maximum Gasteiger partial charge on any atom is 0.418 e. The number of hydrogen-bond donors (Lipinski definition) is 0. The Balaban J connectivity index is 1.66. The smallest absolute Gasteiger partial charge is 0.406 e. The van der Waals surface area contributed by atoms with Crippen molar-refractivity contribution < 1.29 is 18.0 Å². The number of alkyl halides is 3. The van der Waals surface area contributed by atoms with Crippen LogP contribution in [0.5, 0.6) is 5.75 Å². The Kier molecular flexibility index (Phi) is 4.43. The average molecular weight is 322 g/mol. The van der Waals surface area contributed by atoms with Gasteiger partial charge in [0.1, 0.15) is 5.75 Å². The van der Waals surface area contributed by atoms with Crippen LogP contribution in [0.1, 0.15) is 5.56 Å². The van der Waals surface area contributed by atoms with E-state index >= 15 is 0 Å². The molecule has 6 heteroatoms. The van der Waals surface area contributed by atoms with E-state index in [0.717, 1.165) is 11.8 Å². The van der Waals surface area contributed by atoms with Gasteiger partial charge in [0.2, 0.25) is 0 Å². The van der Waals surface area contributed by atoms with Crippen molar-refractivity contribution in [3.05, 3.63) is 60.2 Å². The fourth-order valence-corrected chi connectivity index (χ4v) is 2.64. The van der Waals surface area contributed by atoms with Crippen LogP contribution in [-0.2, 0) is 6.18 Å². The number of nitrogens with zero attached hydrogens (tertiary/aromatic N) is 2. The van der Waals surface area contributed by atoms with E-state index in [0.29, 0.717) is 26.2 Å². The van der Waals surface area contributed by atoms with E-state index in [1.165, 1.54) is 12.1 Å². The molecular formula is C17H17F3N2O. The Hall–Kier alpha value is -2.21. The van der Waals surface area contributed by atoms with E-state index in [4.69, 9.17) is 4.84 Å². The highest BCUT2D eigenvalue weighted by molar-refractivity contribution is 5.55. The predicted octanol–water partition coefficient (Wildman–Crippen LogP) is 3.82. The first-order chi connectivity index (χ1) is 11.0. The third-order valence-corrected chi connectivity index (χ3v) is 3.77. The van der Waals surface area contributed by atoms with Gasteiger partial charge in [0.25, 0.3) is 0 Å². The summed E-state index contributed by atoms with van der Waals surface area (Å²) in [5.74, 6) is 0.733. The molecule has 0 atom stereocenters. The number of para-hydroxylation sites is 2. The maximum absolute atomic E-state index is 13.1. The lowest BCUT2D eigenvalue weighted by molar-refractivity contribution is -0.137. The van der Waals surface area contributed by atoms with Crippen molar-refractivity contribution in [3.63, 3.8) is 0 Å². The minimum absolute atomic E-state index is 0.236. The minimum Gasteiger partial charge on any atom is -0.406 e. The van der Waals surface area contributed by atoms with Gasteiger partial charge in [0.05, 0.1) is 18.7 Å².